The molecular weight excluding hydrogens is 308 g/mol. The Morgan fingerprint density at radius 2 is 1.96 bits per heavy atom. The fraction of sp³-hybridized carbons (Fsp3) is 0.889. The number of nitrogens with zero attached hydrogens (tertiary/aromatic N) is 2. The molecule has 1 aliphatic heterocycles. The summed E-state index contributed by atoms with van der Waals surface area (Å²) in [7, 11) is 0. The Labute approximate surface area is 145 Å². The molecule has 24 heavy (non-hydrogen) atoms. The third-order valence-electron chi connectivity index (χ3n) is 4.47. The number of piperidine rings is 1. The lowest BCUT2D eigenvalue weighted by molar-refractivity contribution is -0.141. The van der Waals surface area contributed by atoms with Crippen LogP contribution in [0.1, 0.15) is 66.7 Å². The summed E-state index contributed by atoms with van der Waals surface area (Å²) in [6.07, 6.45) is 2.96. The summed E-state index contributed by atoms with van der Waals surface area (Å²) in [5, 5.41) is 10.9. The summed E-state index contributed by atoms with van der Waals surface area (Å²) in [5.41, 5.74) is -1.73. The van der Waals surface area contributed by atoms with Crippen LogP contribution in [0, 0.1) is 0 Å². The highest BCUT2D eigenvalue weighted by Crippen LogP contribution is 2.32. The number of hydrogen-bond acceptors (Lipinski definition) is 4. The van der Waals surface area contributed by atoms with Crippen LogP contribution in [0.15, 0.2) is 0 Å². The van der Waals surface area contributed by atoms with Crippen LogP contribution in [0.25, 0.3) is 0 Å². The Bertz CT molecular complexity index is 480. The second-order valence-electron chi connectivity index (χ2n) is 8.53. The molecule has 6 nitrogen and oxygen atoms in total. The third-order valence-corrected chi connectivity index (χ3v) is 4.47. The summed E-state index contributed by atoms with van der Waals surface area (Å²) >= 11 is 0. The zero-order chi connectivity index (χ0) is 18.1. The van der Waals surface area contributed by atoms with E-state index in [2.05, 4.69) is 0 Å². The minimum absolute atomic E-state index is 0.0129. The zero-order valence-corrected chi connectivity index (χ0v) is 15.7. The van der Waals surface area contributed by atoms with Crippen molar-refractivity contribution in [1.82, 2.24) is 9.80 Å². The lowest BCUT2D eigenvalue weighted by atomic mass is 9.89. The van der Waals surface area contributed by atoms with Crippen molar-refractivity contribution in [3.8, 4) is 0 Å². The molecule has 0 spiro atoms. The van der Waals surface area contributed by atoms with Gasteiger partial charge in [0.2, 0.25) is 5.91 Å². The second-order valence-corrected chi connectivity index (χ2v) is 8.53. The van der Waals surface area contributed by atoms with E-state index in [1.165, 1.54) is 4.90 Å². The number of ether oxygens (including phenoxy) is 1. The number of β-amino-alcohol motifs (C(OH)–C–C–N with tert-alkyl or cyclic N) is 1. The third kappa shape index (κ3) is 5.10. The van der Waals surface area contributed by atoms with E-state index in [9.17, 15) is 14.7 Å². The summed E-state index contributed by atoms with van der Waals surface area (Å²) in [4.78, 5) is 28.3. The molecule has 6 heteroatoms. The predicted octanol–water partition coefficient (Wildman–Crippen LogP) is 2.54. The van der Waals surface area contributed by atoms with Crippen LogP contribution in [0.5, 0.6) is 0 Å². The monoisotopic (exact) mass is 340 g/mol. The van der Waals surface area contributed by atoms with Crippen molar-refractivity contribution in [2.24, 2.45) is 0 Å². The van der Waals surface area contributed by atoms with E-state index in [1.807, 2.05) is 39.5 Å². The number of likely N-dealkylation sites (tertiary alicyclic amines) is 1. The van der Waals surface area contributed by atoms with Gasteiger partial charge < -0.3 is 19.6 Å². The predicted molar refractivity (Wildman–Crippen MR) is 91.6 cm³/mol. The van der Waals surface area contributed by atoms with Gasteiger partial charge in [-0.05, 0) is 60.3 Å². The molecule has 1 atom stereocenters. The molecule has 2 fully saturated rings. The number of amides is 2. The second kappa shape index (κ2) is 6.90. The van der Waals surface area contributed by atoms with Crippen LogP contribution in [0.2, 0.25) is 0 Å². The van der Waals surface area contributed by atoms with Crippen LogP contribution >= 0.6 is 0 Å². The Morgan fingerprint density at radius 1 is 1.33 bits per heavy atom. The van der Waals surface area contributed by atoms with Gasteiger partial charge in [-0.25, -0.2) is 4.79 Å². The van der Waals surface area contributed by atoms with Gasteiger partial charge in [0.15, 0.2) is 0 Å². The first-order chi connectivity index (χ1) is 11.0. The molecule has 0 radical (unpaired) electrons. The standard InChI is InChI=1S/C18H32N2O4/c1-13(2)20(14-7-8-14)15(21)11-18(23)9-6-10-19(12-18)16(22)24-17(3,4)5/h13-14,23H,6-12H2,1-5H3/t18-/m1/s1. The van der Waals surface area contributed by atoms with Crippen LogP contribution in [0.3, 0.4) is 0 Å². The first-order valence-corrected chi connectivity index (χ1v) is 9.02. The van der Waals surface area contributed by atoms with Crippen molar-refractivity contribution in [2.45, 2.75) is 90.0 Å². The van der Waals surface area contributed by atoms with Gasteiger partial charge in [0.05, 0.1) is 18.6 Å². The fourth-order valence-electron chi connectivity index (χ4n) is 3.38. The van der Waals surface area contributed by atoms with Gasteiger partial charge in [-0.15, -0.1) is 0 Å². The van der Waals surface area contributed by atoms with Crippen molar-refractivity contribution in [3.05, 3.63) is 0 Å². The van der Waals surface area contributed by atoms with Gasteiger partial charge >= 0.3 is 6.09 Å². The molecule has 1 heterocycles. The molecule has 2 rings (SSSR count). The van der Waals surface area contributed by atoms with Gasteiger partial charge in [0, 0.05) is 18.6 Å². The number of rotatable bonds is 4. The van der Waals surface area contributed by atoms with Gasteiger partial charge in [-0.2, -0.15) is 0 Å². The molecule has 1 N–H and O–H groups in total. The largest absolute Gasteiger partial charge is 0.444 e. The van der Waals surface area contributed by atoms with Crippen molar-refractivity contribution in [3.63, 3.8) is 0 Å². The lowest BCUT2D eigenvalue weighted by Gasteiger charge is -2.40. The Morgan fingerprint density at radius 3 is 2.46 bits per heavy atom. The van der Waals surface area contributed by atoms with E-state index in [0.717, 1.165) is 12.8 Å². The molecule has 1 saturated carbocycles. The van der Waals surface area contributed by atoms with E-state index in [4.69, 9.17) is 4.74 Å². The zero-order valence-electron chi connectivity index (χ0n) is 15.7. The van der Waals surface area contributed by atoms with Gasteiger partial charge in [0.25, 0.3) is 0 Å². The van der Waals surface area contributed by atoms with E-state index < -0.39 is 17.3 Å². The molecular formula is C18H32N2O4. The van der Waals surface area contributed by atoms with Crippen molar-refractivity contribution in [2.75, 3.05) is 13.1 Å². The molecule has 2 aliphatic rings. The normalized spacial score (nSPS) is 24.9. The van der Waals surface area contributed by atoms with Crippen molar-refractivity contribution in [1.29, 1.82) is 0 Å². The van der Waals surface area contributed by atoms with Gasteiger partial charge in [-0.3, -0.25) is 4.79 Å². The van der Waals surface area contributed by atoms with E-state index in [-0.39, 0.29) is 24.9 Å². The average Bonchev–Trinajstić information content (AvgIpc) is 3.20. The maximum absolute atomic E-state index is 12.7. The minimum Gasteiger partial charge on any atom is -0.444 e. The topological polar surface area (TPSA) is 70.1 Å². The SMILES string of the molecule is CC(C)N(C(=O)C[C@]1(O)CCCN(C(=O)OC(C)(C)C)C1)C1CC1. The summed E-state index contributed by atoms with van der Waals surface area (Å²) in [5.74, 6) is -0.0129. The maximum Gasteiger partial charge on any atom is 0.410 e. The maximum atomic E-state index is 12.7. The molecule has 1 saturated heterocycles. The van der Waals surface area contributed by atoms with Crippen LogP contribution in [0.4, 0.5) is 4.79 Å². The summed E-state index contributed by atoms with van der Waals surface area (Å²) in [6, 6.07) is 0.464. The number of carbonyl (C=O) groups is 2. The first-order valence-electron chi connectivity index (χ1n) is 9.02. The van der Waals surface area contributed by atoms with Gasteiger partial charge in [-0.1, -0.05) is 0 Å². The Kier molecular flexibility index (Phi) is 5.47. The Balaban J connectivity index is 1.98. The van der Waals surface area contributed by atoms with Crippen LogP contribution in [-0.4, -0.2) is 63.3 Å². The van der Waals surface area contributed by atoms with Crippen LogP contribution < -0.4 is 0 Å². The molecule has 138 valence electrons. The molecule has 0 aromatic heterocycles. The highest BCUT2D eigenvalue weighted by Gasteiger charge is 2.42. The lowest BCUT2D eigenvalue weighted by Crippen LogP contribution is -2.54. The van der Waals surface area contributed by atoms with Gasteiger partial charge in [0.1, 0.15) is 5.60 Å². The van der Waals surface area contributed by atoms with E-state index in [1.54, 1.807) is 0 Å². The van der Waals surface area contributed by atoms with Crippen molar-refractivity contribution >= 4 is 12.0 Å². The Hall–Kier alpha value is -1.30. The smallest absolute Gasteiger partial charge is 0.410 e. The quantitative estimate of drug-likeness (QED) is 0.854. The molecule has 0 unspecified atom stereocenters. The highest BCUT2D eigenvalue weighted by molar-refractivity contribution is 5.78. The fourth-order valence-corrected chi connectivity index (χ4v) is 3.38. The molecule has 0 bridgehead atoms. The minimum atomic E-state index is -1.16. The molecule has 0 aromatic rings. The number of carbonyl (C=O) groups excluding carboxylic acids is 2. The number of hydrogen-bond donors (Lipinski definition) is 1. The van der Waals surface area contributed by atoms with Crippen molar-refractivity contribution < 1.29 is 19.4 Å². The molecule has 2 amide bonds. The van der Waals surface area contributed by atoms with Crippen LogP contribution in [-0.2, 0) is 9.53 Å². The highest BCUT2D eigenvalue weighted by atomic mass is 16.6. The number of aliphatic hydroxyl groups is 1. The van der Waals surface area contributed by atoms with E-state index >= 15 is 0 Å². The molecule has 1 aliphatic carbocycles. The average molecular weight is 340 g/mol. The summed E-state index contributed by atoms with van der Waals surface area (Å²) in [6.45, 7) is 10.2. The summed E-state index contributed by atoms with van der Waals surface area (Å²) < 4.78 is 5.39. The van der Waals surface area contributed by atoms with E-state index in [0.29, 0.717) is 25.4 Å². The first kappa shape index (κ1) is 19.0. The molecule has 0 aromatic carbocycles.